The highest BCUT2D eigenvalue weighted by molar-refractivity contribution is 4.84. The second kappa shape index (κ2) is 6.64. The average Bonchev–Trinajstić information content (AvgIpc) is 2.24. The molecule has 0 heterocycles. The molecular formula is C13H25F2NO. The van der Waals surface area contributed by atoms with Crippen LogP contribution in [0.3, 0.4) is 0 Å². The molecule has 0 amide bonds. The summed E-state index contributed by atoms with van der Waals surface area (Å²) in [5, 5.41) is 3.37. The minimum Gasteiger partial charge on any atom is -0.377 e. The number of nitrogens with one attached hydrogen (secondary N) is 1. The quantitative estimate of drug-likeness (QED) is 0.780. The first kappa shape index (κ1) is 14.8. The van der Waals surface area contributed by atoms with Gasteiger partial charge in [-0.3, -0.25) is 0 Å². The smallest absolute Gasteiger partial charge is 0.248 e. The zero-order valence-corrected chi connectivity index (χ0v) is 11.1. The number of alkyl halides is 2. The van der Waals surface area contributed by atoms with Crippen LogP contribution in [0.15, 0.2) is 0 Å². The SMILES string of the molecule is CCNC(COC(C)C)C1CCC(F)(F)CC1. The predicted molar refractivity (Wildman–Crippen MR) is 65.5 cm³/mol. The van der Waals surface area contributed by atoms with Crippen LogP contribution in [0.2, 0.25) is 0 Å². The maximum Gasteiger partial charge on any atom is 0.248 e. The minimum atomic E-state index is -2.44. The fourth-order valence-electron chi connectivity index (χ4n) is 2.38. The summed E-state index contributed by atoms with van der Waals surface area (Å²) >= 11 is 0. The number of halogens is 2. The van der Waals surface area contributed by atoms with Crippen molar-refractivity contribution in [2.75, 3.05) is 13.2 Å². The lowest BCUT2D eigenvalue weighted by atomic mass is 9.82. The van der Waals surface area contributed by atoms with Gasteiger partial charge in [0.1, 0.15) is 0 Å². The van der Waals surface area contributed by atoms with E-state index in [1.54, 1.807) is 0 Å². The van der Waals surface area contributed by atoms with Crippen molar-refractivity contribution >= 4 is 0 Å². The topological polar surface area (TPSA) is 21.3 Å². The Morgan fingerprint density at radius 1 is 1.29 bits per heavy atom. The number of hydrogen-bond donors (Lipinski definition) is 1. The van der Waals surface area contributed by atoms with Gasteiger partial charge in [-0.2, -0.15) is 0 Å². The molecule has 1 N–H and O–H groups in total. The van der Waals surface area contributed by atoms with Crippen molar-refractivity contribution in [1.82, 2.24) is 5.32 Å². The summed E-state index contributed by atoms with van der Waals surface area (Å²) < 4.78 is 31.8. The average molecular weight is 249 g/mol. The maximum atomic E-state index is 13.1. The largest absolute Gasteiger partial charge is 0.377 e. The molecule has 0 saturated heterocycles. The van der Waals surface area contributed by atoms with E-state index in [-0.39, 0.29) is 25.0 Å². The molecule has 1 unspecified atom stereocenters. The van der Waals surface area contributed by atoms with E-state index < -0.39 is 5.92 Å². The van der Waals surface area contributed by atoms with E-state index in [2.05, 4.69) is 5.32 Å². The summed E-state index contributed by atoms with van der Waals surface area (Å²) in [7, 11) is 0. The summed E-state index contributed by atoms with van der Waals surface area (Å²) in [6.07, 6.45) is 1.46. The van der Waals surface area contributed by atoms with E-state index in [4.69, 9.17) is 4.74 Å². The van der Waals surface area contributed by atoms with Gasteiger partial charge < -0.3 is 10.1 Å². The highest BCUT2D eigenvalue weighted by atomic mass is 19.3. The summed E-state index contributed by atoms with van der Waals surface area (Å²) in [5.41, 5.74) is 0. The van der Waals surface area contributed by atoms with E-state index in [9.17, 15) is 8.78 Å². The molecule has 4 heteroatoms. The van der Waals surface area contributed by atoms with E-state index in [1.807, 2.05) is 20.8 Å². The number of ether oxygens (including phenoxy) is 1. The second-order valence-corrected chi connectivity index (χ2v) is 5.24. The summed E-state index contributed by atoms with van der Waals surface area (Å²) in [6, 6.07) is 0.221. The highest BCUT2D eigenvalue weighted by Crippen LogP contribution is 2.37. The van der Waals surface area contributed by atoms with E-state index in [0.717, 1.165) is 6.54 Å². The monoisotopic (exact) mass is 249 g/mol. The Bertz CT molecular complexity index is 211. The van der Waals surface area contributed by atoms with Crippen LogP contribution < -0.4 is 5.32 Å². The number of hydrogen-bond acceptors (Lipinski definition) is 2. The Balaban J connectivity index is 2.42. The first-order valence-electron chi connectivity index (χ1n) is 6.67. The molecule has 0 aliphatic heterocycles. The van der Waals surface area contributed by atoms with Gasteiger partial charge in [-0.25, -0.2) is 8.78 Å². The Morgan fingerprint density at radius 2 is 1.88 bits per heavy atom. The molecular weight excluding hydrogens is 224 g/mol. The van der Waals surface area contributed by atoms with Gasteiger partial charge >= 0.3 is 0 Å². The van der Waals surface area contributed by atoms with Crippen molar-refractivity contribution in [3.63, 3.8) is 0 Å². The molecule has 0 aromatic heterocycles. The number of rotatable bonds is 6. The van der Waals surface area contributed by atoms with Crippen molar-refractivity contribution in [1.29, 1.82) is 0 Å². The van der Waals surface area contributed by atoms with Crippen LogP contribution in [0.25, 0.3) is 0 Å². The van der Waals surface area contributed by atoms with Gasteiger partial charge in [0.15, 0.2) is 0 Å². The Hall–Kier alpha value is -0.220. The molecule has 17 heavy (non-hydrogen) atoms. The fraction of sp³-hybridized carbons (Fsp3) is 1.00. The second-order valence-electron chi connectivity index (χ2n) is 5.24. The lowest BCUT2D eigenvalue weighted by molar-refractivity contribution is -0.0553. The van der Waals surface area contributed by atoms with E-state index in [1.165, 1.54) is 0 Å². The van der Waals surface area contributed by atoms with Crippen LogP contribution in [0.1, 0.15) is 46.5 Å². The van der Waals surface area contributed by atoms with Crippen LogP contribution in [0.5, 0.6) is 0 Å². The molecule has 1 rings (SSSR count). The Morgan fingerprint density at radius 3 is 2.35 bits per heavy atom. The first-order chi connectivity index (χ1) is 7.94. The van der Waals surface area contributed by atoms with Crippen molar-refractivity contribution in [2.45, 2.75) is 64.5 Å². The van der Waals surface area contributed by atoms with Gasteiger partial charge in [-0.15, -0.1) is 0 Å². The lowest BCUT2D eigenvalue weighted by Gasteiger charge is -2.34. The van der Waals surface area contributed by atoms with Crippen LogP contribution in [-0.4, -0.2) is 31.2 Å². The zero-order chi connectivity index (χ0) is 12.9. The van der Waals surface area contributed by atoms with Crippen molar-refractivity contribution in [2.24, 2.45) is 5.92 Å². The lowest BCUT2D eigenvalue weighted by Crippen LogP contribution is -2.43. The molecule has 102 valence electrons. The third kappa shape index (κ3) is 5.30. The Labute approximate surface area is 103 Å². The molecule has 1 saturated carbocycles. The van der Waals surface area contributed by atoms with Crippen LogP contribution in [-0.2, 0) is 4.74 Å². The summed E-state index contributed by atoms with van der Waals surface area (Å²) in [4.78, 5) is 0. The van der Waals surface area contributed by atoms with Gasteiger partial charge in [0.25, 0.3) is 0 Å². The third-order valence-electron chi connectivity index (χ3n) is 3.41. The van der Waals surface area contributed by atoms with Crippen LogP contribution in [0.4, 0.5) is 8.78 Å². The normalized spacial score (nSPS) is 22.9. The fourth-order valence-corrected chi connectivity index (χ4v) is 2.38. The van der Waals surface area contributed by atoms with Crippen molar-refractivity contribution < 1.29 is 13.5 Å². The molecule has 0 aromatic rings. The molecule has 1 atom stereocenters. The highest BCUT2D eigenvalue weighted by Gasteiger charge is 2.37. The first-order valence-corrected chi connectivity index (χ1v) is 6.67. The third-order valence-corrected chi connectivity index (χ3v) is 3.41. The summed E-state index contributed by atoms with van der Waals surface area (Å²) in [6.45, 7) is 7.52. The van der Waals surface area contributed by atoms with Gasteiger partial charge in [-0.1, -0.05) is 6.92 Å². The maximum absolute atomic E-state index is 13.1. The van der Waals surface area contributed by atoms with Crippen LogP contribution in [0, 0.1) is 5.92 Å². The van der Waals surface area contributed by atoms with E-state index >= 15 is 0 Å². The van der Waals surface area contributed by atoms with Gasteiger partial charge in [0.2, 0.25) is 5.92 Å². The van der Waals surface area contributed by atoms with Gasteiger partial charge in [-0.05, 0) is 39.2 Å². The van der Waals surface area contributed by atoms with E-state index in [0.29, 0.717) is 25.4 Å². The summed E-state index contributed by atoms with van der Waals surface area (Å²) in [5.74, 6) is -2.11. The van der Waals surface area contributed by atoms with Crippen molar-refractivity contribution in [3.8, 4) is 0 Å². The molecule has 0 radical (unpaired) electrons. The molecule has 1 aliphatic rings. The molecule has 1 fully saturated rings. The molecule has 2 nitrogen and oxygen atoms in total. The van der Waals surface area contributed by atoms with Crippen molar-refractivity contribution in [3.05, 3.63) is 0 Å². The minimum absolute atomic E-state index is 0.0290. The molecule has 1 aliphatic carbocycles. The molecule has 0 aromatic carbocycles. The van der Waals surface area contributed by atoms with Gasteiger partial charge in [0.05, 0.1) is 12.7 Å². The zero-order valence-electron chi connectivity index (χ0n) is 11.1. The standard InChI is InChI=1S/C13H25F2NO/c1-4-16-12(9-17-10(2)3)11-5-7-13(14,15)8-6-11/h10-12,16H,4-9H2,1-3H3. The van der Waals surface area contributed by atoms with Gasteiger partial charge in [0, 0.05) is 18.9 Å². The molecule has 0 spiro atoms. The molecule has 0 bridgehead atoms. The van der Waals surface area contributed by atoms with Crippen LogP contribution >= 0.6 is 0 Å². The number of likely N-dealkylation sites (N-methyl/N-ethyl adjacent to an activating group) is 1. The Kier molecular flexibility index (Phi) is 5.80. The predicted octanol–water partition coefficient (Wildman–Crippen LogP) is 3.22.